The van der Waals surface area contributed by atoms with E-state index in [1.807, 2.05) is 0 Å². The van der Waals surface area contributed by atoms with Crippen molar-refractivity contribution in [1.29, 1.82) is 0 Å². The number of nitrogens with one attached hydrogen (secondary N) is 1. The molecule has 0 saturated carbocycles. The Bertz CT molecular complexity index is 742. The van der Waals surface area contributed by atoms with Crippen molar-refractivity contribution in [2.45, 2.75) is 13.8 Å². The van der Waals surface area contributed by atoms with Gasteiger partial charge in [0.15, 0.2) is 5.75 Å². The monoisotopic (exact) mass is 339 g/mol. The van der Waals surface area contributed by atoms with Crippen LogP contribution in [0.1, 0.15) is 23.0 Å². The number of aromatic amines is 1. The summed E-state index contributed by atoms with van der Waals surface area (Å²) < 4.78 is 24.2. The highest BCUT2D eigenvalue weighted by Gasteiger charge is 2.27. The van der Waals surface area contributed by atoms with Crippen LogP contribution in [0, 0.1) is 12.7 Å². The minimum atomic E-state index is -0.756. The zero-order valence-electron chi connectivity index (χ0n) is 12.6. The third kappa shape index (κ3) is 3.53. The van der Waals surface area contributed by atoms with Crippen molar-refractivity contribution >= 4 is 23.5 Å². The Labute approximate surface area is 137 Å². The van der Waals surface area contributed by atoms with Crippen LogP contribution in [0.4, 0.5) is 4.39 Å². The van der Waals surface area contributed by atoms with Crippen molar-refractivity contribution in [3.05, 3.63) is 41.3 Å². The van der Waals surface area contributed by atoms with Crippen LogP contribution in [-0.2, 0) is 9.53 Å². The second kappa shape index (κ2) is 7.28. The van der Waals surface area contributed by atoms with Gasteiger partial charge in [-0.3, -0.25) is 4.79 Å². The number of hydrogen-bond donors (Lipinski definition) is 1. The number of alkyl halides is 1. The van der Waals surface area contributed by atoms with Gasteiger partial charge in [0, 0.05) is 11.3 Å². The quantitative estimate of drug-likeness (QED) is 0.669. The molecule has 0 fully saturated rings. The number of carbonyl (C=O) groups is 2. The zero-order valence-corrected chi connectivity index (χ0v) is 13.4. The normalized spacial score (nSPS) is 10.4. The van der Waals surface area contributed by atoms with E-state index in [0.717, 1.165) is 0 Å². The molecule has 7 heteroatoms. The van der Waals surface area contributed by atoms with Crippen molar-refractivity contribution in [2.24, 2.45) is 0 Å². The van der Waals surface area contributed by atoms with Crippen LogP contribution in [0.25, 0.3) is 11.3 Å². The van der Waals surface area contributed by atoms with E-state index in [1.165, 1.54) is 18.2 Å². The second-order valence-corrected chi connectivity index (χ2v) is 4.90. The molecule has 0 bridgehead atoms. The Kier molecular flexibility index (Phi) is 5.39. The molecule has 0 radical (unpaired) electrons. The lowest BCUT2D eigenvalue weighted by Crippen LogP contribution is -2.13. The number of carbonyl (C=O) groups excluding carboxylic acids is 2. The van der Waals surface area contributed by atoms with Crippen molar-refractivity contribution < 1.29 is 23.5 Å². The van der Waals surface area contributed by atoms with Gasteiger partial charge in [-0.05, 0) is 26.0 Å². The van der Waals surface area contributed by atoms with Gasteiger partial charge in [-0.2, -0.15) is 0 Å². The summed E-state index contributed by atoms with van der Waals surface area (Å²) in [4.78, 5) is 26.6. The summed E-state index contributed by atoms with van der Waals surface area (Å²) in [6, 6.07) is 5.94. The molecule has 0 amide bonds. The Hall–Kier alpha value is -2.34. The summed E-state index contributed by atoms with van der Waals surface area (Å²) in [6.45, 7) is 3.41. The van der Waals surface area contributed by atoms with E-state index in [4.69, 9.17) is 21.1 Å². The summed E-state index contributed by atoms with van der Waals surface area (Å²) in [5.74, 6) is -2.43. The van der Waals surface area contributed by atoms with Crippen molar-refractivity contribution in [3.63, 3.8) is 0 Å². The number of ether oxygens (including phenoxy) is 2. The molecule has 1 aromatic carbocycles. The highest BCUT2D eigenvalue weighted by molar-refractivity contribution is 6.26. The third-order valence-electron chi connectivity index (χ3n) is 3.09. The van der Waals surface area contributed by atoms with Crippen LogP contribution in [0.2, 0.25) is 0 Å². The summed E-state index contributed by atoms with van der Waals surface area (Å²) in [5, 5.41) is 0. The lowest BCUT2D eigenvalue weighted by atomic mass is 10.1. The van der Waals surface area contributed by atoms with Crippen LogP contribution >= 0.6 is 11.6 Å². The molecule has 0 aliphatic carbocycles. The second-order valence-electron chi connectivity index (χ2n) is 4.64. The maximum atomic E-state index is 14.1. The smallest absolute Gasteiger partial charge is 0.343 e. The summed E-state index contributed by atoms with van der Waals surface area (Å²) in [6.07, 6.45) is 0. The first kappa shape index (κ1) is 17.0. The number of halogens is 2. The van der Waals surface area contributed by atoms with Crippen LogP contribution in [0.3, 0.4) is 0 Å². The molecule has 0 unspecified atom stereocenters. The van der Waals surface area contributed by atoms with Crippen molar-refractivity contribution in [2.75, 3.05) is 12.5 Å². The van der Waals surface area contributed by atoms with E-state index in [0.29, 0.717) is 5.69 Å². The van der Waals surface area contributed by atoms with Gasteiger partial charge in [-0.25, -0.2) is 9.18 Å². The molecule has 122 valence electrons. The Morgan fingerprint density at radius 2 is 2.00 bits per heavy atom. The largest absolute Gasteiger partial charge is 0.462 e. The highest BCUT2D eigenvalue weighted by Crippen LogP contribution is 2.37. The number of hydrogen-bond acceptors (Lipinski definition) is 4. The van der Waals surface area contributed by atoms with E-state index in [9.17, 15) is 14.0 Å². The van der Waals surface area contributed by atoms with Crippen LogP contribution in [0.15, 0.2) is 24.3 Å². The van der Waals surface area contributed by atoms with E-state index >= 15 is 0 Å². The van der Waals surface area contributed by atoms with Gasteiger partial charge in [-0.1, -0.05) is 12.1 Å². The SMILES string of the molecule is CCOC(=O)c1c(C)[nH]c(-c2ccccc2F)c1OC(=O)CCl. The average molecular weight is 340 g/mol. The molecule has 0 spiro atoms. The molecular weight excluding hydrogens is 325 g/mol. The first-order valence-corrected chi connectivity index (χ1v) is 7.44. The molecular formula is C16H15ClFNO4. The summed E-state index contributed by atoms with van der Waals surface area (Å²) >= 11 is 5.46. The van der Waals surface area contributed by atoms with Gasteiger partial charge >= 0.3 is 11.9 Å². The van der Waals surface area contributed by atoms with Crippen LogP contribution in [0.5, 0.6) is 5.75 Å². The molecule has 1 heterocycles. The van der Waals surface area contributed by atoms with E-state index in [-0.39, 0.29) is 29.2 Å². The number of H-pyrrole nitrogens is 1. The minimum absolute atomic E-state index is 0.0450. The standard InChI is InChI=1S/C16H15ClFNO4/c1-3-22-16(21)13-9(2)19-14(15(13)23-12(20)8-17)10-6-4-5-7-11(10)18/h4-7,19H,3,8H2,1-2H3. The Morgan fingerprint density at radius 3 is 2.61 bits per heavy atom. The number of esters is 2. The zero-order chi connectivity index (χ0) is 17.0. The molecule has 23 heavy (non-hydrogen) atoms. The predicted molar refractivity (Wildman–Crippen MR) is 83.2 cm³/mol. The molecule has 0 saturated heterocycles. The predicted octanol–water partition coefficient (Wildman–Crippen LogP) is 3.45. The van der Waals surface area contributed by atoms with Gasteiger partial charge in [-0.15, -0.1) is 11.6 Å². The fraction of sp³-hybridized carbons (Fsp3) is 0.250. The molecule has 0 aliphatic rings. The third-order valence-corrected chi connectivity index (χ3v) is 3.31. The van der Waals surface area contributed by atoms with Crippen LogP contribution in [-0.4, -0.2) is 29.4 Å². The maximum Gasteiger partial charge on any atom is 0.343 e. The topological polar surface area (TPSA) is 68.4 Å². The maximum absolute atomic E-state index is 14.1. The lowest BCUT2D eigenvalue weighted by Gasteiger charge is -2.08. The highest BCUT2D eigenvalue weighted by atomic mass is 35.5. The van der Waals surface area contributed by atoms with Crippen LogP contribution < -0.4 is 4.74 Å². The van der Waals surface area contributed by atoms with E-state index in [1.54, 1.807) is 19.9 Å². The van der Waals surface area contributed by atoms with Gasteiger partial charge in [0.2, 0.25) is 0 Å². The summed E-state index contributed by atoms with van der Waals surface area (Å²) in [7, 11) is 0. The molecule has 2 rings (SSSR count). The fourth-order valence-electron chi connectivity index (χ4n) is 2.15. The number of aryl methyl sites for hydroxylation is 1. The molecule has 0 aliphatic heterocycles. The molecule has 0 atom stereocenters. The molecule has 2 aromatic rings. The number of benzene rings is 1. The Balaban J connectivity index is 2.63. The minimum Gasteiger partial charge on any atom is -0.462 e. The average Bonchev–Trinajstić information content (AvgIpc) is 2.84. The van der Waals surface area contributed by atoms with Gasteiger partial charge in [0.25, 0.3) is 0 Å². The Morgan fingerprint density at radius 1 is 1.30 bits per heavy atom. The fourth-order valence-corrected chi connectivity index (χ4v) is 2.20. The van der Waals surface area contributed by atoms with Crippen molar-refractivity contribution in [1.82, 2.24) is 4.98 Å². The summed E-state index contributed by atoms with van der Waals surface area (Å²) in [5.41, 5.74) is 0.799. The van der Waals surface area contributed by atoms with E-state index < -0.39 is 23.6 Å². The molecule has 5 nitrogen and oxygen atoms in total. The lowest BCUT2D eigenvalue weighted by molar-refractivity contribution is -0.131. The van der Waals surface area contributed by atoms with Crippen molar-refractivity contribution in [3.8, 4) is 17.0 Å². The molecule has 1 N–H and O–H groups in total. The van der Waals surface area contributed by atoms with Gasteiger partial charge in [0.1, 0.15) is 17.3 Å². The first-order chi connectivity index (χ1) is 11.0. The number of rotatable bonds is 5. The number of aromatic nitrogens is 1. The first-order valence-electron chi connectivity index (χ1n) is 6.90. The van der Waals surface area contributed by atoms with E-state index in [2.05, 4.69) is 4.98 Å². The molecule has 1 aromatic heterocycles. The van der Waals surface area contributed by atoms with Gasteiger partial charge in [0.05, 0.1) is 12.3 Å². The van der Waals surface area contributed by atoms with Gasteiger partial charge < -0.3 is 14.5 Å².